The molecule has 1 aromatic heterocycles. The van der Waals surface area contributed by atoms with E-state index in [4.69, 9.17) is 9.15 Å². The van der Waals surface area contributed by atoms with Crippen LogP contribution in [0.4, 0.5) is 0 Å². The van der Waals surface area contributed by atoms with Crippen molar-refractivity contribution in [1.82, 2.24) is 10.3 Å². The Hall–Kier alpha value is -1.81. The number of aryl methyl sites for hydroxylation is 1. The summed E-state index contributed by atoms with van der Waals surface area (Å²) in [6.45, 7) is 8.15. The second-order valence-electron chi connectivity index (χ2n) is 5.87. The number of aromatic nitrogens is 1. The fourth-order valence-corrected chi connectivity index (χ4v) is 2.71. The summed E-state index contributed by atoms with van der Waals surface area (Å²) in [6, 6.07) is 8.30. The molecule has 1 aromatic carbocycles. The second-order valence-corrected chi connectivity index (χ2v) is 5.87. The van der Waals surface area contributed by atoms with Crippen molar-refractivity contribution in [2.75, 3.05) is 0 Å². The lowest BCUT2D eigenvalue weighted by atomic mass is 9.94. The van der Waals surface area contributed by atoms with E-state index in [-0.39, 0.29) is 17.7 Å². The molecule has 1 aliphatic heterocycles. The maximum atomic E-state index is 6.04. The van der Waals surface area contributed by atoms with Crippen molar-refractivity contribution in [3.63, 3.8) is 0 Å². The lowest BCUT2D eigenvalue weighted by molar-refractivity contribution is 0.0901. The van der Waals surface area contributed by atoms with E-state index in [9.17, 15) is 0 Å². The zero-order valence-corrected chi connectivity index (χ0v) is 12.3. The normalized spacial score (nSPS) is 21.3. The summed E-state index contributed by atoms with van der Waals surface area (Å²) >= 11 is 0. The lowest BCUT2D eigenvalue weighted by Gasteiger charge is -2.29. The number of nitrogens with one attached hydrogen (secondary N) is 1. The number of hydrogen-bond donors (Lipinski definition) is 1. The van der Waals surface area contributed by atoms with Crippen LogP contribution in [0, 0.1) is 6.92 Å². The molecule has 0 fully saturated rings. The molecule has 1 aliphatic rings. The molecule has 4 nitrogen and oxygen atoms in total. The molecule has 1 N–H and O–H groups in total. The maximum absolute atomic E-state index is 6.04. The molecule has 2 atom stereocenters. The molecule has 0 aliphatic carbocycles. The van der Waals surface area contributed by atoms with E-state index in [1.807, 2.05) is 25.1 Å². The first-order chi connectivity index (χ1) is 9.47. The summed E-state index contributed by atoms with van der Waals surface area (Å²) in [7, 11) is 0. The van der Waals surface area contributed by atoms with Gasteiger partial charge in [-0.15, -0.1) is 0 Å². The molecule has 2 heterocycles. The van der Waals surface area contributed by atoms with E-state index in [0.717, 1.165) is 11.5 Å². The average molecular weight is 272 g/mol. The van der Waals surface area contributed by atoms with E-state index < -0.39 is 0 Å². The van der Waals surface area contributed by atoms with Gasteiger partial charge in [0, 0.05) is 5.56 Å². The second kappa shape index (κ2) is 4.63. The lowest BCUT2D eigenvalue weighted by Crippen LogP contribution is -2.40. The summed E-state index contributed by atoms with van der Waals surface area (Å²) < 4.78 is 11.6. The van der Waals surface area contributed by atoms with Crippen molar-refractivity contribution >= 4 is 0 Å². The van der Waals surface area contributed by atoms with Crippen LogP contribution in [-0.4, -0.2) is 10.6 Å². The molecule has 0 amide bonds. The zero-order chi connectivity index (χ0) is 14.3. The molecule has 2 unspecified atom stereocenters. The maximum Gasteiger partial charge on any atom is 0.211 e. The number of fused-ring (bicyclic) bond motifs is 1. The Bertz CT molecular complexity index is 618. The highest BCUT2D eigenvalue weighted by atomic mass is 16.5. The Morgan fingerprint density at radius 1 is 1.30 bits per heavy atom. The van der Waals surface area contributed by atoms with Crippen molar-refractivity contribution in [1.29, 1.82) is 0 Å². The highest BCUT2D eigenvalue weighted by Crippen LogP contribution is 2.43. The third kappa shape index (κ3) is 2.20. The van der Waals surface area contributed by atoms with Crippen molar-refractivity contribution in [3.8, 4) is 5.75 Å². The summed E-state index contributed by atoms with van der Waals surface area (Å²) in [5, 5.41) is 3.57. The predicted molar refractivity (Wildman–Crippen MR) is 76.7 cm³/mol. The van der Waals surface area contributed by atoms with Gasteiger partial charge in [0.05, 0.1) is 18.3 Å². The monoisotopic (exact) mass is 272 g/mol. The van der Waals surface area contributed by atoms with Gasteiger partial charge < -0.3 is 9.15 Å². The van der Waals surface area contributed by atoms with Crippen LogP contribution in [0.3, 0.4) is 0 Å². The highest BCUT2D eigenvalue weighted by Gasteiger charge is 2.41. The van der Waals surface area contributed by atoms with Crippen molar-refractivity contribution in [3.05, 3.63) is 47.7 Å². The van der Waals surface area contributed by atoms with Crippen LogP contribution >= 0.6 is 0 Å². The van der Waals surface area contributed by atoms with Gasteiger partial charge in [-0.1, -0.05) is 18.2 Å². The Balaban J connectivity index is 1.86. The standard InChI is InChI=1S/C16H20N2O2/c1-10-9-17-15(19-10)11(2)18-14-12-7-5-6-8-13(12)20-16(14,3)4/h5-9,11,14,18H,1-4H3. The van der Waals surface area contributed by atoms with Gasteiger partial charge in [0.25, 0.3) is 0 Å². The van der Waals surface area contributed by atoms with Crippen LogP contribution < -0.4 is 10.1 Å². The third-order valence-corrected chi connectivity index (χ3v) is 3.72. The van der Waals surface area contributed by atoms with Crippen molar-refractivity contribution in [2.45, 2.75) is 45.4 Å². The molecular formula is C16H20N2O2. The summed E-state index contributed by atoms with van der Waals surface area (Å²) in [5.74, 6) is 2.49. The number of nitrogens with zero attached hydrogens (tertiary/aromatic N) is 1. The molecule has 106 valence electrons. The molecule has 0 bridgehead atoms. The SMILES string of the molecule is Cc1cnc(C(C)NC2c3ccccc3OC2(C)C)o1. The zero-order valence-electron chi connectivity index (χ0n) is 12.3. The Morgan fingerprint density at radius 3 is 2.75 bits per heavy atom. The number of oxazole rings is 1. The molecule has 0 radical (unpaired) electrons. The molecule has 4 heteroatoms. The van der Waals surface area contributed by atoms with Gasteiger partial charge in [-0.2, -0.15) is 0 Å². The van der Waals surface area contributed by atoms with Crippen molar-refractivity contribution < 1.29 is 9.15 Å². The summed E-state index contributed by atoms with van der Waals surface area (Å²) in [5.41, 5.74) is 0.896. The first kappa shape index (κ1) is 13.2. The van der Waals surface area contributed by atoms with Crippen LogP contribution in [0.2, 0.25) is 0 Å². The summed E-state index contributed by atoms with van der Waals surface area (Å²) in [4.78, 5) is 4.29. The smallest absolute Gasteiger partial charge is 0.211 e. The van der Waals surface area contributed by atoms with Gasteiger partial charge in [-0.25, -0.2) is 4.98 Å². The third-order valence-electron chi connectivity index (χ3n) is 3.72. The van der Waals surface area contributed by atoms with Gasteiger partial charge in [0.1, 0.15) is 17.1 Å². The molecule has 20 heavy (non-hydrogen) atoms. The van der Waals surface area contributed by atoms with Crippen LogP contribution in [0.1, 0.15) is 50.1 Å². The minimum atomic E-state index is -0.292. The van der Waals surface area contributed by atoms with E-state index in [0.29, 0.717) is 5.89 Å². The van der Waals surface area contributed by atoms with Crippen LogP contribution in [0.15, 0.2) is 34.9 Å². The van der Waals surface area contributed by atoms with E-state index in [1.165, 1.54) is 5.56 Å². The van der Waals surface area contributed by atoms with E-state index in [2.05, 4.69) is 37.1 Å². The molecule has 0 saturated carbocycles. The van der Waals surface area contributed by atoms with E-state index in [1.54, 1.807) is 6.20 Å². The highest BCUT2D eigenvalue weighted by molar-refractivity contribution is 5.42. The number of hydrogen-bond acceptors (Lipinski definition) is 4. The van der Waals surface area contributed by atoms with Gasteiger partial charge in [-0.05, 0) is 33.8 Å². The Labute approximate surface area is 119 Å². The Kier molecular flexibility index (Phi) is 3.05. The molecule has 0 spiro atoms. The van der Waals surface area contributed by atoms with Crippen LogP contribution in [-0.2, 0) is 0 Å². The number of rotatable bonds is 3. The molecule has 3 rings (SSSR count). The fraction of sp³-hybridized carbons (Fsp3) is 0.438. The van der Waals surface area contributed by atoms with Crippen LogP contribution in [0.25, 0.3) is 0 Å². The predicted octanol–water partition coefficient (Wildman–Crippen LogP) is 3.55. The molecule has 0 saturated heterocycles. The largest absolute Gasteiger partial charge is 0.486 e. The van der Waals surface area contributed by atoms with Crippen LogP contribution in [0.5, 0.6) is 5.75 Å². The molecule has 2 aromatic rings. The first-order valence-electron chi connectivity index (χ1n) is 6.94. The minimum absolute atomic E-state index is 0.0303. The summed E-state index contributed by atoms with van der Waals surface area (Å²) in [6.07, 6.45) is 1.75. The van der Waals surface area contributed by atoms with Gasteiger partial charge >= 0.3 is 0 Å². The topological polar surface area (TPSA) is 47.3 Å². The van der Waals surface area contributed by atoms with E-state index >= 15 is 0 Å². The fourth-order valence-electron chi connectivity index (χ4n) is 2.71. The molecular weight excluding hydrogens is 252 g/mol. The number of para-hydroxylation sites is 1. The van der Waals surface area contributed by atoms with Crippen molar-refractivity contribution in [2.24, 2.45) is 0 Å². The minimum Gasteiger partial charge on any atom is -0.486 e. The quantitative estimate of drug-likeness (QED) is 0.928. The van der Waals surface area contributed by atoms with Gasteiger partial charge in [0.15, 0.2) is 0 Å². The number of benzene rings is 1. The van der Waals surface area contributed by atoms with Gasteiger partial charge in [0.2, 0.25) is 5.89 Å². The number of ether oxygens (including phenoxy) is 1. The Morgan fingerprint density at radius 2 is 2.05 bits per heavy atom. The first-order valence-corrected chi connectivity index (χ1v) is 6.94. The average Bonchev–Trinajstić information content (AvgIpc) is 2.92. The van der Waals surface area contributed by atoms with Gasteiger partial charge in [-0.3, -0.25) is 5.32 Å².